The van der Waals surface area contributed by atoms with E-state index in [1.54, 1.807) is 0 Å². The maximum absolute atomic E-state index is 4.87. The van der Waals surface area contributed by atoms with Gasteiger partial charge in [-0.3, -0.25) is 14.5 Å². The quantitative estimate of drug-likeness (QED) is 0.148. The van der Waals surface area contributed by atoms with Gasteiger partial charge >= 0.3 is 0 Å². The second-order valence-corrected chi connectivity index (χ2v) is 15.5. The lowest BCUT2D eigenvalue weighted by Crippen LogP contribution is -2.08. The number of hydrogen-bond acceptors (Lipinski definition) is 3. The fourth-order valence-corrected chi connectivity index (χ4v) is 9.28. The van der Waals surface area contributed by atoms with Gasteiger partial charge in [0.25, 0.3) is 0 Å². The molecular formula is C51H44N6. The molecule has 0 aliphatic heterocycles. The van der Waals surface area contributed by atoms with E-state index in [4.69, 9.17) is 15.0 Å². The van der Waals surface area contributed by atoms with Crippen LogP contribution >= 0.6 is 0 Å². The Labute approximate surface area is 332 Å². The number of fused-ring (bicyclic) bond motifs is 6. The molecule has 2 unspecified atom stereocenters. The third-order valence-corrected chi connectivity index (χ3v) is 11.9. The minimum Gasteiger partial charge on any atom is -0.308 e. The summed E-state index contributed by atoms with van der Waals surface area (Å²) in [5, 5.41) is 2.31. The van der Waals surface area contributed by atoms with E-state index in [2.05, 4.69) is 169 Å². The fourth-order valence-electron chi connectivity index (χ4n) is 9.28. The van der Waals surface area contributed by atoms with E-state index in [1.807, 2.05) is 30.7 Å². The Morgan fingerprint density at radius 3 is 1.67 bits per heavy atom. The number of benzene rings is 5. The lowest BCUT2D eigenvalue weighted by molar-refractivity contribution is 0.544. The predicted octanol–water partition coefficient (Wildman–Crippen LogP) is 12.8. The Kier molecular flexibility index (Phi) is 8.55. The second kappa shape index (κ2) is 14.1. The van der Waals surface area contributed by atoms with Crippen LogP contribution in [0.15, 0.2) is 158 Å². The molecule has 0 saturated carbocycles. The second-order valence-electron chi connectivity index (χ2n) is 15.5. The van der Waals surface area contributed by atoms with Crippen molar-refractivity contribution in [1.29, 1.82) is 0 Å². The summed E-state index contributed by atoms with van der Waals surface area (Å²) in [6, 6.07) is 48.2. The summed E-state index contributed by atoms with van der Waals surface area (Å²) in [4.78, 5) is 14.5. The SMILES string of the molecule is CCC(CC(C)c1cc(-n2c3ccccc3c3ncccc32)cc(-n2c3ccccc3c3ncccc32)c1)c1cc(C)c(-n2ccnc2-c2ccccc2)c(C)c1. The molecule has 0 bridgehead atoms. The zero-order valence-electron chi connectivity index (χ0n) is 32.8. The van der Waals surface area contributed by atoms with Crippen LogP contribution in [0.3, 0.4) is 0 Å². The van der Waals surface area contributed by atoms with E-state index in [0.29, 0.717) is 5.92 Å². The van der Waals surface area contributed by atoms with Crippen molar-refractivity contribution in [2.45, 2.75) is 52.4 Å². The summed E-state index contributed by atoms with van der Waals surface area (Å²) >= 11 is 0. The van der Waals surface area contributed by atoms with Gasteiger partial charge in [0, 0.05) is 52.5 Å². The zero-order chi connectivity index (χ0) is 38.6. The molecule has 5 aromatic heterocycles. The van der Waals surface area contributed by atoms with Crippen molar-refractivity contribution in [1.82, 2.24) is 28.7 Å². The van der Waals surface area contributed by atoms with Crippen LogP contribution in [0.4, 0.5) is 0 Å². The van der Waals surface area contributed by atoms with Gasteiger partial charge < -0.3 is 9.13 Å². The van der Waals surface area contributed by atoms with Crippen molar-refractivity contribution in [3.05, 3.63) is 181 Å². The minimum atomic E-state index is 0.268. The van der Waals surface area contributed by atoms with Crippen LogP contribution < -0.4 is 0 Å². The lowest BCUT2D eigenvalue weighted by atomic mass is 9.83. The molecule has 0 radical (unpaired) electrons. The van der Waals surface area contributed by atoms with Gasteiger partial charge in [-0.25, -0.2) is 4.98 Å². The molecular weight excluding hydrogens is 697 g/mol. The first-order chi connectivity index (χ1) is 28.0. The Morgan fingerprint density at radius 2 is 1.09 bits per heavy atom. The van der Waals surface area contributed by atoms with Crippen molar-refractivity contribution in [3.63, 3.8) is 0 Å². The molecule has 5 aromatic carbocycles. The summed E-state index contributed by atoms with van der Waals surface area (Å²) in [7, 11) is 0. The van der Waals surface area contributed by atoms with Crippen LogP contribution in [0.1, 0.15) is 60.8 Å². The number of aromatic nitrogens is 6. The van der Waals surface area contributed by atoms with Crippen LogP contribution in [0, 0.1) is 13.8 Å². The number of nitrogens with zero attached hydrogens (tertiary/aromatic N) is 6. The lowest BCUT2D eigenvalue weighted by Gasteiger charge is -2.24. The number of rotatable bonds is 9. The molecule has 0 amide bonds. The molecule has 2 atom stereocenters. The highest BCUT2D eigenvalue weighted by atomic mass is 15.1. The van der Waals surface area contributed by atoms with Gasteiger partial charge in [0.05, 0.1) is 38.8 Å². The van der Waals surface area contributed by atoms with E-state index >= 15 is 0 Å². The molecule has 10 aromatic rings. The molecule has 0 fully saturated rings. The molecule has 0 saturated heterocycles. The predicted molar refractivity (Wildman–Crippen MR) is 235 cm³/mol. The normalized spacial score (nSPS) is 12.9. The highest BCUT2D eigenvalue weighted by Crippen LogP contribution is 2.39. The molecule has 0 aliphatic carbocycles. The first-order valence-electron chi connectivity index (χ1n) is 20.0. The van der Waals surface area contributed by atoms with E-state index < -0.39 is 0 Å². The van der Waals surface area contributed by atoms with Crippen LogP contribution in [-0.4, -0.2) is 28.7 Å². The molecule has 0 spiro atoms. The molecule has 5 heterocycles. The fraction of sp³-hybridized carbons (Fsp3) is 0.157. The van der Waals surface area contributed by atoms with E-state index in [0.717, 1.165) is 79.5 Å². The average Bonchev–Trinajstić information content (AvgIpc) is 3.96. The van der Waals surface area contributed by atoms with Gasteiger partial charge in [0.2, 0.25) is 0 Å². The highest BCUT2D eigenvalue weighted by Gasteiger charge is 2.22. The van der Waals surface area contributed by atoms with Crippen molar-refractivity contribution in [3.8, 4) is 28.5 Å². The Bertz CT molecular complexity index is 2830. The molecule has 0 aliphatic rings. The standard InChI is InChI=1S/C51H44N6/c1-5-36(39-28-34(3)50(35(4)29-39)55-26-25-54-51(55)37-15-7-6-8-16-37)27-33(2)38-30-40(56-44-19-11-9-17-42(44)48-46(56)21-13-23-52-48)32-41(31-38)57-45-20-12-10-18-43(45)49-47(57)22-14-24-53-49/h6-26,28-33,36H,5,27H2,1-4H3. The molecule has 0 N–H and O–H groups in total. The number of hydrogen-bond donors (Lipinski definition) is 0. The summed E-state index contributed by atoms with van der Waals surface area (Å²) in [6.07, 6.45) is 9.84. The first-order valence-corrected chi connectivity index (χ1v) is 20.0. The number of imidazole rings is 1. The molecule has 6 heteroatoms. The zero-order valence-corrected chi connectivity index (χ0v) is 32.8. The van der Waals surface area contributed by atoms with E-state index in [9.17, 15) is 0 Å². The molecule has 6 nitrogen and oxygen atoms in total. The number of para-hydroxylation sites is 2. The molecule has 10 rings (SSSR count). The van der Waals surface area contributed by atoms with Gasteiger partial charge in [0.1, 0.15) is 5.82 Å². The molecule has 278 valence electrons. The monoisotopic (exact) mass is 740 g/mol. The summed E-state index contributed by atoms with van der Waals surface area (Å²) in [5.41, 5.74) is 16.3. The summed E-state index contributed by atoms with van der Waals surface area (Å²) in [5.74, 6) is 1.61. The summed E-state index contributed by atoms with van der Waals surface area (Å²) < 4.78 is 7.03. The topological polar surface area (TPSA) is 53.5 Å². The Morgan fingerprint density at radius 1 is 0.544 bits per heavy atom. The smallest absolute Gasteiger partial charge is 0.144 e. The van der Waals surface area contributed by atoms with Crippen LogP contribution in [0.2, 0.25) is 0 Å². The largest absolute Gasteiger partial charge is 0.308 e. The Hall–Kier alpha value is -6.79. The maximum atomic E-state index is 4.87. The third-order valence-electron chi connectivity index (χ3n) is 11.9. The minimum absolute atomic E-state index is 0.268. The van der Waals surface area contributed by atoms with Crippen molar-refractivity contribution < 1.29 is 0 Å². The van der Waals surface area contributed by atoms with Crippen LogP contribution in [0.25, 0.3) is 72.3 Å². The van der Waals surface area contributed by atoms with Crippen LogP contribution in [0.5, 0.6) is 0 Å². The van der Waals surface area contributed by atoms with Gasteiger partial charge in [-0.2, -0.15) is 0 Å². The van der Waals surface area contributed by atoms with Gasteiger partial charge in [-0.1, -0.05) is 92.7 Å². The summed E-state index contributed by atoms with van der Waals surface area (Å²) in [6.45, 7) is 9.22. The van der Waals surface area contributed by atoms with Crippen molar-refractivity contribution >= 4 is 43.9 Å². The van der Waals surface area contributed by atoms with Gasteiger partial charge in [-0.15, -0.1) is 0 Å². The maximum Gasteiger partial charge on any atom is 0.144 e. The van der Waals surface area contributed by atoms with Crippen molar-refractivity contribution in [2.24, 2.45) is 0 Å². The van der Waals surface area contributed by atoms with E-state index in [-0.39, 0.29) is 5.92 Å². The van der Waals surface area contributed by atoms with Gasteiger partial charge in [0.15, 0.2) is 0 Å². The first kappa shape index (κ1) is 34.7. The number of aryl methyl sites for hydroxylation is 2. The van der Waals surface area contributed by atoms with Gasteiger partial charge in [-0.05, 0) is 115 Å². The Balaban J connectivity index is 1.10. The molecule has 57 heavy (non-hydrogen) atoms. The average molecular weight is 741 g/mol. The highest BCUT2D eigenvalue weighted by molar-refractivity contribution is 6.08. The van der Waals surface area contributed by atoms with Crippen LogP contribution in [-0.2, 0) is 0 Å². The third kappa shape index (κ3) is 5.83. The van der Waals surface area contributed by atoms with E-state index in [1.165, 1.54) is 27.9 Å². The number of pyridine rings is 2. The van der Waals surface area contributed by atoms with Crippen molar-refractivity contribution in [2.75, 3.05) is 0 Å².